The fourth-order valence-corrected chi connectivity index (χ4v) is 3.02. The molecule has 3 N–H and O–H groups in total. The van der Waals surface area contributed by atoms with Gasteiger partial charge in [0.1, 0.15) is 6.04 Å². The maximum atomic E-state index is 12.4. The molecule has 1 aromatic carbocycles. The Morgan fingerprint density at radius 2 is 2.14 bits per heavy atom. The van der Waals surface area contributed by atoms with Crippen LogP contribution < -0.4 is 11.1 Å². The number of hydrogen-bond donors (Lipinski definition) is 2. The Morgan fingerprint density at radius 3 is 2.86 bits per heavy atom. The van der Waals surface area contributed by atoms with Crippen molar-refractivity contribution in [1.82, 2.24) is 14.9 Å². The van der Waals surface area contributed by atoms with Gasteiger partial charge in [0.25, 0.3) is 0 Å². The van der Waals surface area contributed by atoms with Crippen molar-refractivity contribution < 1.29 is 4.79 Å². The summed E-state index contributed by atoms with van der Waals surface area (Å²) in [6.07, 6.45) is 8.68. The molecule has 1 saturated carbocycles. The molecule has 2 unspecified atom stereocenters. The summed E-state index contributed by atoms with van der Waals surface area (Å²) in [7, 11) is 0. The number of amides is 1. The fraction of sp³-hybridized carbons (Fsp3) is 0.375. The van der Waals surface area contributed by atoms with Crippen molar-refractivity contribution in [2.75, 3.05) is 0 Å². The zero-order valence-corrected chi connectivity index (χ0v) is 11.9. The third-order valence-corrected chi connectivity index (χ3v) is 4.16. The number of carbonyl (C=O) groups is 1. The average molecular weight is 284 g/mol. The molecule has 1 heterocycles. The van der Waals surface area contributed by atoms with Crippen molar-refractivity contribution in [3.05, 3.63) is 54.6 Å². The number of nitrogens with one attached hydrogen (secondary N) is 1. The predicted molar refractivity (Wildman–Crippen MR) is 80.4 cm³/mol. The van der Waals surface area contributed by atoms with Crippen LogP contribution in [0.15, 0.2) is 49.1 Å². The number of rotatable bonds is 4. The van der Waals surface area contributed by atoms with Crippen LogP contribution in [-0.4, -0.2) is 21.5 Å². The number of imidazole rings is 1. The largest absolute Gasteiger partial charge is 0.350 e. The molecule has 0 aliphatic heterocycles. The van der Waals surface area contributed by atoms with Crippen molar-refractivity contribution >= 4 is 5.91 Å². The summed E-state index contributed by atoms with van der Waals surface area (Å²) in [5.74, 6) is -0.113. The van der Waals surface area contributed by atoms with E-state index in [1.54, 1.807) is 6.20 Å². The first-order chi connectivity index (χ1) is 10.3. The molecule has 110 valence electrons. The van der Waals surface area contributed by atoms with E-state index in [1.807, 2.05) is 42.9 Å². The summed E-state index contributed by atoms with van der Waals surface area (Å²) in [6, 6.07) is 9.26. The first-order valence-electron chi connectivity index (χ1n) is 7.34. The number of aromatic nitrogens is 2. The lowest BCUT2D eigenvalue weighted by Crippen LogP contribution is -2.42. The highest BCUT2D eigenvalue weighted by Gasteiger charge is 2.31. The molecule has 1 aromatic heterocycles. The van der Waals surface area contributed by atoms with Gasteiger partial charge >= 0.3 is 0 Å². The monoisotopic (exact) mass is 284 g/mol. The molecule has 0 bridgehead atoms. The number of carbonyl (C=O) groups excluding carboxylic acids is 1. The van der Waals surface area contributed by atoms with Crippen molar-refractivity contribution in [3.8, 4) is 0 Å². The molecule has 1 amide bonds. The summed E-state index contributed by atoms with van der Waals surface area (Å²) in [4.78, 5) is 16.4. The number of nitrogens with two attached hydrogens (primary N) is 1. The zero-order chi connectivity index (χ0) is 14.7. The predicted octanol–water partition coefficient (Wildman–Crippen LogP) is 1.79. The van der Waals surface area contributed by atoms with Gasteiger partial charge in [-0.05, 0) is 24.8 Å². The molecule has 1 fully saturated rings. The molecule has 1 aliphatic rings. The Balaban J connectivity index is 1.67. The molecule has 0 radical (unpaired) electrons. The Labute approximate surface area is 124 Å². The minimum atomic E-state index is -0.616. The maximum Gasteiger partial charge on any atom is 0.241 e. The van der Waals surface area contributed by atoms with Crippen LogP contribution in [-0.2, 0) is 4.79 Å². The highest BCUT2D eigenvalue weighted by atomic mass is 16.2. The van der Waals surface area contributed by atoms with E-state index in [-0.39, 0.29) is 18.0 Å². The van der Waals surface area contributed by atoms with Gasteiger partial charge in [0, 0.05) is 18.4 Å². The Kier molecular flexibility index (Phi) is 4.01. The van der Waals surface area contributed by atoms with Gasteiger partial charge in [-0.15, -0.1) is 0 Å². The van der Waals surface area contributed by atoms with E-state index in [9.17, 15) is 4.79 Å². The third kappa shape index (κ3) is 2.97. The van der Waals surface area contributed by atoms with Crippen molar-refractivity contribution in [2.24, 2.45) is 5.73 Å². The molecule has 3 rings (SSSR count). The van der Waals surface area contributed by atoms with Crippen LogP contribution in [0.5, 0.6) is 0 Å². The van der Waals surface area contributed by atoms with Gasteiger partial charge in [0.05, 0.1) is 12.4 Å². The van der Waals surface area contributed by atoms with E-state index in [1.165, 1.54) is 0 Å². The molecule has 2 aromatic rings. The number of nitrogens with zero attached hydrogens (tertiary/aromatic N) is 2. The highest BCUT2D eigenvalue weighted by molar-refractivity contribution is 5.83. The first-order valence-corrected chi connectivity index (χ1v) is 7.34. The Bertz CT molecular complexity index is 582. The lowest BCUT2D eigenvalue weighted by Gasteiger charge is -2.24. The molecule has 1 aliphatic carbocycles. The summed E-state index contributed by atoms with van der Waals surface area (Å²) < 4.78 is 2.08. The average Bonchev–Trinajstić information content (AvgIpc) is 3.18. The second-order valence-corrected chi connectivity index (χ2v) is 5.51. The van der Waals surface area contributed by atoms with Gasteiger partial charge in [-0.1, -0.05) is 30.3 Å². The van der Waals surface area contributed by atoms with Crippen molar-refractivity contribution in [2.45, 2.75) is 37.4 Å². The number of hydrogen-bond acceptors (Lipinski definition) is 3. The lowest BCUT2D eigenvalue weighted by atomic mass is 10.1. The third-order valence-electron chi connectivity index (χ3n) is 4.16. The van der Waals surface area contributed by atoms with E-state index in [4.69, 9.17) is 5.73 Å². The van der Waals surface area contributed by atoms with Crippen LogP contribution in [0.1, 0.15) is 36.9 Å². The van der Waals surface area contributed by atoms with Gasteiger partial charge in [-0.2, -0.15) is 0 Å². The van der Waals surface area contributed by atoms with Crippen LogP contribution in [0.3, 0.4) is 0 Å². The van der Waals surface area contributed by atoms with Crippen LogP contribution in [0.4, 0.5) is 0 Å². The Morgan fingerprint density at radius 1 is 1.33 bits per heavy atom. The van der Waals surface area contributed by atoms with E-state index in [0.717, 1.165) is 24.8 Å². The van der Waals surface area contributed by atoms with Gasteiger partial charge in [-0.25, -0.2) is 4.98 Å². The minimum absolute atomic E-state index is 0.113. The fourth-order valence-electron chi connectivity index (χ4n) is 3.02. The molecule has 0 spiro atoms. The van der Waals surface area contributed by atoms with Gasteiger partial charge in [0.2, 0.25) is 5.91 Å². The molecule has 0 saturated heterocycles. The van der Waals surface area contributed by atoms with E-state index in [0.29, 0.717) is 0 Å². The van der Waals surface area contributed by atoms with Gasteiger partial charge in [0.15, 0.2) is 0 Å². The van der Waals surface area contributed by atoms with Crippen LogP contribution in [0.25, 0.3) is 0 Å². The smallest absolute Gasteiger partial charge is 0.241 e. The van der Waals surface area contributed by atoms with Crippen LogP contribution >= 0.6 is 0 Å². The van der Waals surface area contributed by atoms with Crippen molar-refractivity contribution in [1.29, 1.82) is 0 Å². The van der Waals surface area contributed by atoms with Crippen LogP contribution in [0.2, 0.25) is 0 Å². The summed E-state index contributed by atoms with van der Waals surface area (Å²) >= 11 is 0. The van der Waals surface area contributed by atoms with E-state index >= 15 is 0 Å². The standard InChI is InChI=1S/C16H20N4O/c17-15(12-5-2-1-3-6-12)16(21)19-13-7-4-8-14(13)20-10-9-18-11-20/h1-3,5-6,9-11,13-15H,4,7-8,17H2,(H,19,21)/t13?,14?,15-/m1/s1. The zero-order valence-electron chi connectivity index (χ0n) is 11.9. The van der Waals surface area contributed by atoms with Gasteiger partial charge in [-0.3, -0.25) is 4.79 Å². The maximum absolute atomic E-state index is 12.4. The van der Waals surface area contributed by atoms with Crippen LogP contribution in [0, 0.1) is 0 Å². The second-order valence-electron chi connectivity index (χ2n) is 5.51. The second kappa shape index (κ2) is 6.10. The van der Waals surface area contributed by atoms with Gasteiger partial charge < -0.3 is 15.6 Å². The lowest BCUT2D eigenvalue weighted by molar-refractivity contribution is -0.123. The molecular formula is C16H20N4O. The molecule has 5 heteroatoms. The van der Waals surface area contributed by atoms with E-state index < -0.39 is 6.04 Å². The topological polar surface area (TPSA) is 72.9 Å². The summed E-state index contributed by atoms with van der Waals surface area (Å²) in [6.45, 7) is 0. The molecule has 5 nitrogen and oxygen atoms in total. The summed E-state index contributed by atoms with van der Waals surface area (Å²) in [5.41, 5.74) is 6.89. The molecular weight excluding hydrogens is 264 g/mol. The normalized spacial score (nSPS) is 22.9. The number of benzene rings is 1. The first kappa shape index (κ1) is 13.8. The molecule has 3 atom stereocenters. The minimum Gasteiger partial charge on any atom is -0.350 e. The Hall–Kier alpha value is -2.14. The quantitative estimate of drug-likeness (QED) is 0.899. The summed E-state index contributed by atoms with van der Waals surface area (Å²) in [5, 5.41) is 3.10. The SMILES string of the molecule is N[C@@H](C(=O)NC1CCCC1n1ccnc1)c1ccccc1. The highest BCUT2D eigenvalue weighted by Crippen LogP contribution is 2.30. The van der Waals surface area contributed by atoms with Crippen molar-refractivity contribution in [3.63, 3.8) is 0 Å². The van der Waals surface area contributed by atoms with E-state index in [2.05, 4.69) is 14.9 Å². The molecule has 21 heavy (non-hydrogen) atoms.